The molecule has 0 saturated carbocycles. The molecule has 3 aromatic heterocycles. The quantitative estimate of drug-likeness (QED) is 0.604. The summed E-state index contributed by atoms with van der Waals surface area (Å²) in [7, 11) is 0. The summed E-state index contributed by atoms with van der Waals surface area (Å²) in [4.78, 5) is 0.399. The number of benzene rings is 1. The minimum Gasteiger partial charge on any atom is -0.285 e. The summed E-state index contributed by atoms with van der Waals surface area (Å²) in [5.41, 5.74) is 2.39. The van der Waals surface area contributed by atoms with Crippen LogP contribution in [-0.2, 0) is 0 Å². The molecular weight excluding hydrogens is 344 g/mol. The highest BCUT2D eigenvalue weighted by molar-refractivity contribution is 7.99. The second-order valence-corrected chi connectivity index (χ2v) is 6.25. The predicted molar refractivity (Wildman–Crippen MR) is 88.0 cm³/mol. The first-order valence-electron chi connectivity index (χ1n) is 7.20. The average molecular weight is 353 g/mol. The van der Waals surface area contributed by atoms with Crippen LogP contribution < -0.4 is 0 Å². The van der Waals surface area contributed by atoms with Gasteiger partial charge in [-0.1, -0.05) is 17.8 Å². The smallest absolute Gasteiger partial charge is 0.140 e. The van der Waals surface area contributed by atoms with E-state index in [-0.39, 0.29) is 4.90 Å². The number of H-pyrrole nitrogens is 1. The van der Waals surface area contributed by atoms with Crippen molar-refractivity contribution in [3.63, 3.8) is 0 Å². The summed E-state index contributed by atoms with van der Waals surface area (Å²) in [6, 6.07) is 7.53. The second kappa shape index (κ2) is 6.03. The van der Waals surface area contributed by atoms with Crippen LogP contribution in [0.5, 0.6) is 0 Å². The molecule has 0 fully saturated rings. The minimum absolute atomic E-state index is 0.126. The monoisotopic (exact) mass is 353 g/mol. The van der Waals surface area contributed by atoms with Crippen LogP contribution in [-0.4, -0.2) is 19.8 Å². The third kappa shape index (κ3) is 2.64. The number of hydrogen-bond acceptors (Lipinski definition) is 4. The van der Waals surface area contributed by atoms with Crippen LogP contribution in [0.3, 0.4) is 0 Å². The lowest BCUT2D eigenvalue weighted by Crippen LogP contribution is -1.93. The van der Waals surface area contributed by atoms with Crippen LogP contribution >= 0.6 is 11.8 Å². The molecule has 0 aliphatic heterocycles. The largest absolute Gasteiger partial charge is 0.285 e. The van der Waals surface area contributed by atoms with Gasteiger partial charge in [-0.05, 0) is 18.2 Å². The highest BCUT2D eigenvalue weighted by atomic mass is 32.2. The maximum absolute atomic E-state index is 14.1. The highest BCUT2D eigenvalue weighted by Crippen LogP contribution is 2.37. The average Bonchev–Trinajstić information content (AvgIpc) is 3.27. The van der Waals surface area contributed by atoms with Crippen molar-refractivity contribution in [2.75, 3.05) is 0 Å². The Morgan fingerprint density at radius 2 is 1.96 bits per heavy atom. The van der Waals surface area contributed by atoms with Gasteiger partial charge in [0.25, 0.3) is 0 Å². The molecule has 1 aromatic carbocycles. The molecule has 1 N–H and O–H groups in total. The van der Waals surface area contributed by atoms with Crippen molar-refractivity contribution in [1.29, 1.82) is 5.26 Å². The van der Waals surface area contributed by atoms with Gasteiger partial charge in [-0.25, -0.2) is 13.3 Å². The Balaban J connectivity index is 1.94. The van der Waals surface area contributed by atoms with Gasteiger partial charge in [0.1, 0.15) is 17.7 Å². The normalized spacial score (nSPS) is 10.9. The number of aromatic amines is 1. The first-order chi connectivity index (χ1) is 12.2. The van der Waals surface area contributed by atoms with E-state index in [2.05, 4.69) is 21.4 Å². The van der Waals surface area contributed by atoms with Gasteiger partial charge in [-0.2, -0.15) is 15.5 Å². The molecule has 5 nitrogen and oxygen atoms in total. The molecule has 0 aliphatic carbocycles. The third-order valence-corrected chi connectivity index (χ3v) is 4.79. The molecule has 8 heteroatoms. The number of aromatic nitrogens is 4. The van der Waals surface area contributed by atoms with E-state index >= 15 is 0 Å². The predicted octanol–water partition coefficient (Wildman–Crippen LogP) is 4.03. The Bertz CT molecular complexity index is 1090. The number of halogens is 2. The van der Waals surface area contributed by atoms with Gasteiger partial charge in [-0.15, -0.1) is 0 Å². The molecule has 3 heterocycles. The van der Waals surface area contributed by atoms with Crippen molar-refractivity contribution in [2.45, 2.75) is 9.79 Å². The van der Waals surface area contributed by atoms with E-state index in [9.17, 15) is 14.0 Å². The van der Waals surface area contributed by atoms with Crippen LogP contribution in [0.1, 0.15) is 5.56 Å². The molecule has 4 aromatic rings. The molecule has 0 saturated heterocycles. The maximum atomic E-state index is 14.1. The number of rotatable bonds is 3. The Morgan fingerprint density at radius 3 is 2.64 bits per heavy atom. The van der Waals surface area contributed by atoms with Crippen LogP contribution in [0.15, 0.2) is 58.8 Å². The first-order valence-corrected chi connectivity index (χ1v) is 8.01. The third-order valence-electron chi connectivity index (χ3n) is 3.66. The molecule has 4 rings (SSSR count). The van der Waals surface area contributed by atoms with E-state index in [1.807, 2.05) is 0 Å². The van der Waals surface area contributed by atoms with Crippen molar-refractivity contribution < 1.29 is 8.78 Å². The number of nitrogens with zero attached hydrogens (tertiary/aromatic N) is 4. The number of fused-ring (bicyclic) bond motifs is 1. The van der Waals surface area contributed by atoms with Crippen molar-refractivity contribution in [2.24, 2.45) is 0 Å². The Labute approximate surface area is 144 Å². The molecule has 0 spiro atoms. The van der Waals surface area contributed by atoms with Gasteiger partial charge < -0.3 is 0 Å². The van der Waals surface area contributed by atoms with Gasteiger partial charge in [0.05, 0.1) is 28.4 Å². The zero-order valence-corrected chi connectivity index (χ0v) is 13.4. The van der Waals surface area contributed by atoms with E-state index in [1.54, 1.807) is 24.7 Å². The van der Waals surface area contributed by atoms with Crippen LogP contribution in [0.4, 0.5) is 8.78 Å². The van der Waals surface area contributed by atoms with Crippen molar-refractivity contribution in [3.05, 3.63) is 66.3 Å². The standard InChI is InChI=1S/C17H9F2N5S/c18-13-2-1-3-14(19)17(13)25-15-4-10(12-6-21-22-7-12)9-24-16(15)11(5-20)8-23-24/h1-4,6-9H,(H,21,22). The van der Waals surface area contributed by atoms with Crippen LogP contribution in [0.25, 0.3) is 16.6 Å². The molecular formula is C17H9F2N5S. The highest BCUT2D eigenvalue weighted by Gasteiger charge is 2.17. The van der Waals surface area contributed by atoms with Gasteiger partial charge >= 0.3 is 0 Å². The van der Waals surface area contributed by atoms with E-state index < -0.39 is 11.6 Å². The number of nitriles is 1. The SMILES string of the molecule is N#Cc1cnn2cc(-c3cn[nH]c3)cc(Sc3c(F)cccc3F)c12. The van der Waals surface area contributed by atoms with Gasteiger partial charge in [0, 0.05) is 28.4 Å². The summed E-state index contributed by atoms with van der Waals surface area (Å²) in [5.74, 6) is -1.32. The van der Waals surface area contributed by atoms with E-state index in [4.69, 9.17) is 0 Å². The van der Waals surface area contributed by atoms with Crippen LogP contribution in [0.2, 0.25) is 0 Å². The molecule has 0 atom stereocenters. The minimum atomic E-state index is -0.658. The number of hydrogen-bond donors (Lipinski definition) is 1. The van der Waals surface area contributed by atoms with E-state index in [1.165, 1.54) is 28.9 Å². The second-order valence-electron chi connectivity index (χ2n) is 5.20. The van der Waals surface area contributed by atoms with E-state index in [0.717, 1.165) is 22.9 Å². The molecule has 25 heavy (non-hydrogen) atoms. The topological polar surface area (TPSA) is 69.8 Å². The Kier molecular flexibility index (Phi) is 3.71. The lowest BCUT2D eigenvalue weighted by Gasteiger charge is -2.09. The van der Waals surface area contributed by atoms with Gasteiger partial charge in [0.2, 0.25) is 0 Å². The summed E-state index contributed by atoms with van der Waals surface area (Å²) in [5, 5.41) is 20.1. The van der Waals surface area contributed by atoms with Crippen molar-refractivity contribution >= 4 is 17.3 Å². The summed E-state index contributed by atoms with van der Waals surface area (Å²) >= 11 is 0.923. The molecule has 0 bridgehead atoms. The lowest BCUT2D eigenvalue weighted by atomic mass is 10.1. The lowest BCUT2D eigenvalue weighted by molar-refractivity contribution is 0.540. The molecule has 0 unspecified atom stereocenters. The molecule has 0 radical (unpaired) electrons. The molecule has 0 aliphatic rings. The fraction of sp³-hybridized carbons (Fsp3) is 0. The fourth-order valence-corrected chi connectivity index (χ4v) is 3.54. The Morgan fingerprint density at radius 1 is 1.16 bits per heavy atom. The van der Waals surface area contributed by atoms with E-state index in [0.29, 0.717) is 16.0 Å². The fourth-order valence-electron chi connectivity index (χ4n) is 2.50. The van der Waals surface area contributed by atoms with Crippen molar-refractivity contribution in [3.8, 4) is 17.2 Å². The van der Waals surface area contributed by atoms with Gasteiger partial charge in [-0.3, -0.25) is 5.10 Å². The maximum Gasteiger partial charge on any atom is 0.140 e. The zero-order valence-electron chi connectivity index (χ0n) is 12.6. The number of pyridine rings is 1. The summed E-state index contributed by atoms with van der Waals surface area (Å²) in [6.07, 6.45) is 6.50. The number of nitrogens with one attached hydrogen (secondary N) is 1. The van der Waals surface area contributed by atoms with Crippen molar-refractivity contribution in [1.82, 2.24) is 19.8 Å². The first kappa shape index (κ1) is 15.4. The van der Waals surface area contributed by atoms with Crippen LogP contribution in [0, 0.1) is 23.0 Å². The Hall–Kier alpha value is -3.18. The molecule has 122 valence electrons. The summed E-state index contributed by atoms with van der Waals surface area (Å²) in [6.45, 7) is 0. The summed E-state index contributed by atoms with van der Waals surface area (Å²) < 4.78 is 29.6. The molecule has 0 amide bonds. The van der Waals surface area contributed by atoms with Gasteiger partial charge in [0.15, 0.2) is 0 Å². The zero-order chi connectivity index (χ0) is 17.4.